The first-order chi connectivity index (χ1) is 9.65. The van der Waals surface area contributed by atoms with Crippen LogP contribution in [0.3, 0.4) is 0 Å². The Labute approximate surface area is 124 Å². The minimum Gasteiger partial charge on any atom is -0.508 e. The average Bonchev–Trinajstić information content (AvgIpc) is 2.46. The molecule has 1 amide bonds. The number of carbonyl (C=O) groups excluding carboxylic acids is 1. The number of carbonyl (C=O) groups is 1. The fraction of sp³-hybridized carbons (Fsp3) is 0.533. The molecule has 0 saturated carbocycles. The van der Waals surface area contributed by atoms with E-state index in [1.807, 2.05) is 13.0 Å². The smallest absolute Gasteiger partial charge is 0.230 e. The van der Waals surface area contributed by atoms with E-state index in [1.54, 1.807) is 30.0 Å². The van der Waals surface area contributed by atoms with Gasteiger partial charge >= 0.3 is 0 Å². The van der Waals surface area contributed by atoms with Gasteiger partial charge in [0, 0.05) is 5.25 Å². The molecule has 0 aliphatic carbocycles. The van der Waals surface area contributed by atoms with Crippen molar-refractivity contribution in [2.45, 2.75) is 31.1 Å². The van der Waals surface area contributed by atoms with Gasteiger partial charge in [-0.25, -0.2) is 0 Å². The summed E-state index contributed by atoms with van der Waals surface area (Å²) in [6, 6.07) is 6.93. The van der Waals surface area contributed by atoms with E-state index in [0.29, 0.717) is 11.0 Å². The van der Waals surface area contributed by atoms with Crippen molar-refractivity contribution in [2.75, 3.05) is 18.8 Å². The van der Waals surface area contributed by atoms with Crippen LogP contribution in [0.25, 0.3) is 0 Å². The number of amides is 1. The van der Waals surface area contributed by atoms with Crippen molar-refractivity contribution in [1.29, 1.82) is 0 Å². The molecule has 1 aromatic rings. The average molecular weight is 294 g/mol. The zero-order chi connectivity index (χ0) is 14.4. The standard InChI is InChI=1S/C15H22N2O2S/c1-11(12-3-2-4-13(18)9-12)17-15(19)10-20-14-5-7-16-8-6-14/h2-4,9,11,14,16,18H,5-8,10H2,1H3,(H,17,19). The topological polar surface area (TPSA) is 61.4 Å². The molecule has 0 spiro atoms. The molecule has 1 aromatic carbocycles. The molecule has 1 unspecified atom stereocenters. The third-order valence-electron chi connectivity index (χ3n) is 3.48. The highest BCUT2D eigenvalue weighted by atomic mass is 32.2. The normalized spacial score (nSPS) is 17.6. The molecule has 0 aromatic heterocycles. The molecule has 1 fully saturated rings. The first-order valence-corrected chi connectivity index (χ1v) is 8.10. The van der Waals surface area contributed by atoms with Gasteiger partial charge in [-0.1, -0.05) is 12.1 Å². The third-order valence-corrected chi connectivity index (χ3v) is 4.86. The van der Waals surface area contributed by atoms with E-state index in [9.17, 15) is 9.90 Å². The molecule has 20 heavy (non-hydrogen) atoms. The van der Waals surface area contributed by atoms with Crippen LogP contribution in [-0.4, -0.2) is 35.1 Å². The summed E-state index contributed by atoms with van der Waals surface area (Å²) in [5.41, 5.74) is 0.921. The Balaban J connectivity index is 1.76. The number of hydrogen-bond donors (Lipinski definition) is 3. The number of hydrogen-bond acceptors (Lipinski definition) is 4. The third kappa shape index (κ3) is 4.72. The maximum Gasteiger partial charge on any atom is 0.230 e. The lowest BCUT2D eigenvalue weighted by Crippen LogP contribution is -2.32. The van der Waals surface area contributed by atoms with Gasteiger partial charge in [0.2, 0.25) is 5.91 Å². The van der Waals surface area contributed by atoms with Crippen molar-refractivity contribution in [3.63, 3.8) is 0 Å². The van der Waals surface area contributed by atoms with E-state index in [0.717, 1.165) is 31.5 Å². The molecule has 4 nitrogen and oxygen atoms in total. The molecule has 1 aliphatic rings. The van der Waals surface area contributed by atoms with Gasteiger partial charge in [0.1, 0.15) is 5.75 Å². The number of piperidine rings is 1. The number of thioether (sulfide) groups is 1. The van der Waals surface area contributed by atoms with Gasteiger partial charge in [-0.05, 0) is 50.6 Å². The zero-order valence-electron chi connectivity index (χ0n) is 11.8. The van der Waals surface area contributed by atoms with Crippen LogP contribution < -0.4 is 10.6 Å². The summed E-state index contributed by atoms with van der Waals surface area (Å²) < 4.78 is 0. The summed E-state index contributed by atoms with van der Waals surface area (Å²) in [5, 5.41) is 16.3. The second kappa shape index (κ2) is 7.55. The summed E-state index contributed by atoms with van der Waals surface area (Å²) >= 11 is 1.74. The molecule has 3 N–H and O–H groups in total. The van der Waals surface area contributed by atoms with Crippen LogP contribution in [0.5, 0.6) is 5.75 Å². The highest BCUT2D eigenvalue weighted by molar-refractivity contribution is 8.00. The summed E-state index contributed by atoms with van der Waals surface area (Å²) in [7, 11) is 0. The predicted octanol–water partition coefficient (Wildman–Crippen LogP) is 2.05. The second-order valence-corrected chi connectivity index (χ2v) is 6.43. The van der Waals surface area contributed by atoms with Crippen LogP contribution in [0, 0.1) is 0 Å². The largest absolute Gasteiger partial charge is 0.508 e. The van der Waals surface area contributed by atoms with Gasteiger partial charge in [-0.2, -0.15) is 0 Å². The van der Waals surface area contributed by atoms with Crippen molar-refractivity contribution >= 4 is 17.7 Å². The van der Waals surface area contributed by atoms with Crippen LogP contribution >= 0.6 is 11.8 Å². The molecule has 5 heteroatoms. The molecule has 1 aliphatic heterocycles. The Kier molecular flexibility index (Phi) is 5.73. The lowest BCUT2D eigenvalue weighted by Gasteiger charge is -2.22. The summed E-state index contributed by atoms with van der Waals surface area (Å²) in [6.45, 7) is 4.04. The van der Waals surface area contributed by atoms with E-state index < -0.39 is 0 Å². The molecular weight excluding hydrogens is 272 g/mol. The van der Waals surface area contributed by atoms with E-state index >= 15 is 0 Å². The van der Waals surface area contributed by atoms with Gasteiger partial charge in [-0.15, -0.1) is 11.8 Å². The van der Waals surface area contributed by atoms with Gasteiger partial charge in [0.25, 0.3) is 0 Å². The van der Waals surface area contributed by atoms with E-state index in [2.05, 4.69) is 10.6 Å². The Morgan fingerprint density at radius 1 is 1.50 bits per heavy atom. The zero-order valence-corrected chi connectivity index (χ0v) is 12.6. The highest BCUT2D eigenvalue weighted by Gasteiger charge is 2.16. The SMILES string of the molecule is CC(NC(=O)CSC1CCNCC1)c1cccc(O)c1. The Bertz CT molecular complexity index is 447. The minimum atomic E-state index is -0.0803. The Morgan fingerprint density at radius 2 is 2.25 bits per heavy atom. The molecule has 2 rings (SSSR count). The molecule has 1 atom stereocenters. The highest BCUT2D eigenvalue weighted by Crippen LogP contribution is 2.21. The number of rotatable bonds is 5. The molecule has 0 bridgehead atoms. The van der Waals surface area contributed by atoms with Crippen LogP contribution in [0.1, 0.15) is 31.4 Å². The van der Waals surface area contributed by atoms with Crippen LogP contribution in [0.4, 0.5) is 0 Å². The van der Waals surface area contributed by atoms with Crippen LogP contribution in [0.15, 0.2) is 24.3 Å². The molecule has 0 radical (unpaired) electrons. The lowest BCUT2D eigenvalue weighted by molar-refractivity contribution is -0.119. The fourth-order valence-electron chi connectivity index (χ4n) is 2.32. The van der Waals surface area contributed by atoms with Gasteiger partial charge in [0.05, 0.1) is 11.8 Å². The van der Waals surface area contributed by atoms with Crippen molar-refractivity contribution in [3.8, 4) is 5.75 Å². The summed E-state index contributed by atoms with van der Waals surface area (Å²) in [4.78, 5) is 11.9. The van der Waals surface area contributed by atoms with Crippen molar-refractivity contribution in [3.05, 3.63) is 29.8 Å². The monoisotopic (exact) mass is 294 g/mol. The predicted molar refractivity (Wildman–Crippen MR) is 83.0 cm³/mol. The minimum absolute atomic E-state index is 0.0596. The second-order valence-electron chi connectivity index (χ2n) is 5.14. The van der Waals surface area contributed by atoms with Crippen LogP contribution in [0.2, 0.25) is 0 Å². The van der Waals surface area contributed by atoms with Crippen molar-refractivity contribution in [2.24, 2.45) is 0 Å². The fourth-order valence-corrected chi connectivity index (χ4v) is 3.36. The number of benzene rings is 1. The molecule has 110 valence electrons. The van der Waals surface area contributed by atoms with Crippen molar-refractivity contribution in [1.82, 2.24) is 10.6 Å². The molecular formula is C15H22N2O2S. The molecule has 1 heterocycles. The number of nitrogens with one attached hydrogen (secondary N) is 2. The number of phenols is 1. The maximum absolute atomic E-state index is 11.9. The number of aromatic hydroxyl groups is 1. The summed E-state index contributed by atoms with van der Waals surface area (Å²) in [6.07, 6.45) is 2.28. The summed E-state index contributed by atoms with van der Waals surface area (Å²) in [5.74, 6) is 0.797. The van der Waals surface area contributed by atoms with E-state index in [4.69, 9.17) is 0 Å². The quantitative estimate of drug-likeness (QED) is 0.778. The Hall–Kier alpha value is -1.20. The van der Waals surface area contributed by atoms with E-state index in [1.165, 1.54) is 0 Å². The Morgan fingerprint density at radius 3 is 2.95 bits per heavy atom. The first kappa shape index (κ1) is 15.2. The van der Waals surface area contributed by atoms with Crippen molar-refractivity contribution < 1.29 is 9.90 Å². The van der Waals surface area contributed by atoms with E-state index in [-0.39, 0.29) is 17.7 Å². The van der Waals surface area contributed by atoms with Gasteiger partial charge < -0.3 is 15.7 Å². The number of phenolic OH excluding ortho intramolecular Hbond substituents is 1. The molecule has 1 saturated heterocycles. The van der Waals surface area contributed by atoms with Crippen LogP contribution in [-0.2, 0) is 4.79 Å². The van der Waals surface area contributed by atoms with Gasteiger partial charge in [-0.3, -0.25) is 4.79 Å². The van der Waals surface area contributed by atoms with Gasteiger partial charge in [0.15, 0.2) is 0 Å². The first-order valence-electron chi connectivity index (χ1n) is 7.06. The maximum atomic E-state index is 11.9. The lowest BCUT2D eigenvalue weighted by atomic mass is 10.1.